The molecule has 0 radical (unpaired) electrons. The molecule has 0 saturated heterocycles. The van der Waals surface area contributed by atoms with Crippen molar-refractivity contribution in [1.82, 2.24) is 20.9 Å². The predicted octanol–water partition coefficient (Wildman–Crippen LogP) is 0.910. The molecule has 0 aliphatic rings. The van der Waals surface area contributed by atoms with Crippen LogP contribution in [0.1, 0.15) is 39.7 Å². The number of rotatable bonds is 12. The van der Waals surface area contributed by atoms with Crippen molar-refractivity contribution in [2.45, 2.75) is 58.7 Å². The minimum absolute atomic E-state index is 0.0454. The van der Waals surface area contributed by atoms with Gasteiger partial charge < -0.3 is 31.8 Å². The first kappa shape index (κ1) is 26.8. The fraction of sp³-hybridized carbons (Fsp3) is 0.500. The molecule has 3 unspecified atom stereocenters. The number of carboxylic acids is 1. The number of aliphatic carboxylic acids is 1. The molecular formula is C24H35N5O5. The number of carbonyl (C=O) groups is 4. The SMILES string of the molecule is CC(C)CC(NC(=O)C(NC(=O)CN)C(C)C)C(=O)NC(Cc1c[nH]c2ccccc12)C(=O)O. The van der Waals surface area contributed by atoms with Crippen LogP contribution in [-0.2, 0) is 25.6 Å². The summed E-state index contributed by atoms with van der Waals surface area (Å²) in [7, 11) is 0. The molecule has 0 bridgehead atoms. The van der Waals surface area contributed by atoms with Crippen molar-refractivity contribution in [1.29, 1.82) is 0 Å². The van der Waals surface area contributed by atoms with E-state index in [0.717, 1.165) is 16.5 Å². The lowest BCUT2D eigenvalue weighted by Crippen LogP contribution is -2.57. The van der Waals surface area contributed by atoms with Crippen molar-refractivity contribution in [2.24, 2.45) is 17.6 Å². The van der Waals surface area contributed by atoms with Gasteiger partial charge in [0, 0.05) is 23.5 Å². The molecule has 3 amide bonds. The van der Waals surface area contributed by atoms with E-state index in [4.69, 9.17) is 5.73 Å². The zero-order valence-corrected chi connectivity index (χ0v) is 20.1. The number of fused-ring (bicyclic) bond motifs is 1. The lowest BCUT2D eigenvalue weighted by Gasteiger charge is -2.27. The molecule has 0 aliphatic heterocycles. The lowest BCUT2D eigenvalue weighted by atomic mass is 9.99. The van der Waals surface area contributed by atoms with Gasteiger partial charge in [0.05, 0.1) is 6.54 Å². The predicted molar refractivity (Wildman–Crippen MR) is 129 cm³/mol. The van der Waals surface area contributed by atoms with E-state index in [2.05, 4.69) is 20.9 Å². The van der Waals surface area contributed by atoms with E-state index < -0.39 is 41.8 Å². The zero-order chi connectivity index (χ0) is 25.4. The molecule has 3 atom stereocenters. The molecule has 10 heteroatoms. The Hall–Kier alpha value is -3.40. The van der Waals surface area contributed by atoms with Crippen molar-refractivity contribution in [3.8, 4) is 0 Å². The fourth-order valence-electron chi connectivity index (χ4n) is 3.72. The minimum atomic E-state index is -1.18. The molecule has 2 rings (SSSR count). The molecule has 34 heavy (non-hydrogen) atoms. The van der Waals surface area contributed by atoms with E-state index in [-0.39, 0.29) is 24.8 Å². The maximum absolute atomic E-state index is 13.1. The number of hydrogen-bond acceptors (Lipinski definition) is 5. The van der Waals surface area contributed by atoms with Crippen LogP contribution in [0, 0.1) is 11.8 Å². The minimum Gasteiger partial charge on any atom is -0.480 e. The first-order valence-electron chi connectivity index (χ1n) is 11.4. The summed E-state index contributed by atoms with van der Waals surface area (Å²) >= 11 is 0. The number of benzene rings is 1. The molecule has 1 aromatic heterocycles. The van der Waals surface area contributed by atoms with E-state index >= 15 is 0 Å². The average molecular weight is 474 g/mol. The maximum Gasteiger partial charge on any atom is 0.326 e. The van der Waals surface area contributed by atoms with Gasteiger partial charge in [0.1, 0.15) is 18.1 Å². The van der Waals surface area contributed by atoms with Crippen LogP contribution in [0.3, 0.4) is 0 Å². The Kier molecular flexibility index (Phi) is 9.61. The lowest BCUT2D eigenvalue weighted by molar-refractivity contribution is -0.142. The molecule has 7 N–H and O–H groups in total. The van der Waals surface area contributed by atoms with Gasteiger partial charge in [-0.15, -0.1) is 0 Å². The maximum atomic E-state index is 13.1. The van der Waals surface area contributed by atoms with Crippen LogP contribution in [0.25, 0.3) is 10.9 Å². The number of nitrogens with two attached hydrogens (primary N) is 1. The Labute approximate surface area is 199 Å². The number of carbonyl (C=O) groups excluding carboxylic acids is 3. The number of para-hydroxylation sites is 1. The van der Waals surface area contributed by atoms with Crippen LogP contribution in [0.4, 0.5) is 0 Å². The van der Waals surface area contributed by atoms with Gasteiger partial charge in [-0.3, -0.25) is 14.4 Å². The van der Waals surface area contributed by atoms with Gasteiger partial charge in [-0.05, 0) is 29.9 Å². The number of amides is 3. The topological polar surface area (TPSA) is 166 Å². The second-order valence-electron chi connectivity index (χ2n) is 9.15. The summed E-state index contributed by atoms with van der Waals surface area (Å²) in [5, 5.41) is 18.5. The summed E-state index contributed by atoms with van der Waals surface area (Å²) in [5.74, 6) is -2.98. The summed E-state index contributed by atoms with van der Waals surface area (Å²) in [6.45, 7) is 7.05. The van der Waals surface area contributed by atoms with Gasteiger partial charge in [0.25, 0.3) is 0 Å². The Bertz CT molecular complexity index is 1020. The van der Waals surface area contributed by atoms with E-state index in [1.54, 1.807) is 20.0 Å². The highest BCUT2D eigenvalue weighted by Gasteiger charge is 2.31. The first-order chi connectivity index (χ1) is 16.0. The highest BCUT2D eigenvalue weighted by atomic mass is 16.4. The molecule has 10 nitrogen and oxygen atoms in total. The first-order valence-corrected chi connectivity index (χ1v) is 11.4. The summed E-state index contributed by atoms with van der Waals surface area (Å²) in [4.78, 5) is 52.7. The van der Waals surface area contributed by atoms with Crippen molar-refractivity contribution in [3.05, 3.63) is 36.0 Å². The Balaban J connectivity index is 2.17. The van der Waals surface area contributed by atoms with Crippen molar-refractivity contribution in [2.75, 3.05) is 6.54 Å². The quantitative estimate of drug-likeness (QED) is 0.268. The Morgan fingerprint density at radius 1 is 0.971 bits per heavy atom. The van der Waals surface area contributed by atoms with Gasteiger partial charge in [-0.2, -0.15) is 0 Å². The number of H-pyrrole nitrogens is 1. The summed E-state index contributed by atoms with van der Waals surface area (Å²) < 4.78 is 0. The van der Waals surface area contributed by atoms with Crippen LogP contribution >= 0.6 is 0 Å². The molecule has 0 spiro atoms. The monoisotopic (exact) mass is 473 g/mol. The van der Waals surface area contributed by atoms with Crippen molar-refractivity contribution < 1.29 is 24.3 Å². The van der Waals surface area contributed by atoms with Gasteiger partial charge in [-0.25, -0.2) is 4.79 Å². The molecule has 0 saturated carbocycles. The number of carboxylic acid groups (broad SMARTS) is 1. The molecule has 186 valence electrons. The molecule has 2 aromatic rings. The van der Waals surface area contributed by atoms with Gasteiger partial charge in [0.2, 0.25) is 17.7 Å². The Morgan fingerprint density at radius 3 is 2.21 bits per heavy atom. The van der Waals surface area contributed by atoms with Crippen LogP contribution in [0.2, 0.25) is 0 Å². The van der Waals surface area contributed by atoms with Crippen LogP contribution in [0.5, 0.6) is 0 Å². The molecule has 1 heterocycles. The zero-order valence-electron chi connectivity index (χ0n) is 20.1. The molecular weight excluding hydrogens is 438 g/mol. The van der Waals surface area contributed by atoms with E-state index in [9.17, 15) is 24.3 Å². The van der Waals surface area contributed by atoms with E-state index in [1.807, 2.05) is 38.1 Å². The van der Waals surface area contributed by atoms with E-state index in [0.29, 0.717) is 6.42 Å². The fourth-order valence-corrected chi connectivity index (χ4v) is 3.72. The standard InChI is InChI=1S/C24H35N5O5/c1-13(2)9-18(27-23(32)21(14(3)4)29-20(30)11-25)22(31)28-19(24(33)34)10-15-12-26-17-8-6-5-7-16(15)17/h5-8,12-14,18-19,21,26H,9-11,25H2,1-4H3,(H,27,32)(H,28,31)(H,29,30)(H,33,34). The third-order valence-corrected chi connectivity index (χ3v) is 5.50. The molecule has 1 aromatic carbocycles. The van der Waals surface area contributed by atoms with Crippen LogP contribution < -0.4 is 21.7 Å². The molecule has 0 fully saturated rings. The summed E-state index contributed by atoms with van der Waals surface area (Å²) in [6.07, 6.45) is 2.11. The Morgan fingerprint density at radius 2 is 1.62 bits per heavy atom. The number of nitrogens with one attached hydrogen (secondary N) is 4. The van der Waals surface area contributed by atoms with Crippen LogP contribution in [0.15, 0.2) is 30.5 Å². The van der Waals surface area contributed by atoms with Gasteiger partial charge >= 0.3 is 5.97 Å². The van der Waals surface area contributed by atoms with Gasteiger partial charge in [-0.1, -0.05) is 45.9 Å². The highest BCUT2D eigenvalue weighted by molar-refractivity contribution is 5.94. The van der Waals surface area contributed by atoms with Crippen LogP contribution in [-0.4, -0.2) is 58.5 Å². The summed E-state index contributed by atoms with van der Waals surface area (Å²) in [5.41, 5.74) is 6.98. The second kappa shape index (κ2) is 12.2. The normalized spacial score (nSPS) is 14.0. The summed E-state index contributed by atoms with van der Waals surface area (Å²) in [6, 6.07) is 4.47. The van der Waals surface area contributed by atoms with Crippen molar-refractivity contribution >= 4 is 34.6 Å². The smallest absolute Gasteiger partial charge is 0.326 e. The third-order valence-electron chi connectivity index (χ3n) is 5.50. The van der Waals surface area contributed by atoms with E-state index in [1.165, 1.54) is 0 Å². The third kappa shape index (κ3) is 7.31. The largest absolute Gasteiger partial charge is 0.480 e. The number of aromatic amines is 1. The second-order valence-corrected chi connectivity index (χ2v) is 9.15. The molecule has 0 aliphatic carbocycles. The highest BCUT2D eigenvalue weighted by Crippen LogP contribution is 2.19. The van der Waals surface area contributed by atoms with Crippen molar-refractivity contribution in [3.63, 3.8) is 0 Å². The average Bonchev–Trinajstić information content (AvgIpc) is 3.18. The number of aromatic nitrogens is 1. The van der Waals surface area contributed by atoms with Gasteiger partial charge in [0.15, 0.2) is 0 Å². The number of hydrogen-bond donors (Lipinski definition) is 6.